The van der Waals surface area contributed by atoms with Crippen molar-refractivity contribution in [3.63, 3.8) is 0 Å². The lowest BCUT2D eigenvalue weighted by Crippen LogP contribution is -2.54. The first-order valence-corrected chi connectivity index (χ1v) is 10.5. The van der Waals surface area contributed by atoms with Gasteiger partial charge in [-0.1, -0.05) is 0 Å². The zero-order chi connectivity index (χ0) is 21.8. The van der Waals surface area contributed by atoms with Crippen molar-refractivity contribution in [2.24, 2.45) is 0 Å². The van der Waals surface area contributed by atoms with E-state index in [1.54, 1.807) is 36.5 Å². The van der Waals surface area contributed by atoms with Gasteiger partial charge in [-0.05, 0) is 59.3 Å². The number of rotatable bonds is 7. The lowest BCUT2D eigenvalue weighted by molar-refractivity contribution is 0.102. The van der Waals surface area contributed by atoms with Crippen LogP contribution in [-0.4, -0.2) is 41.7 Å². The van der Waals surface area contributed by atoms with Gasteiger partial charge < -0.3 is 19.7 Å². The van der Waals surface area contributed by atoms with E-state index in [0.29, 0.717) is 41.4 Å². The zero-order valence-corrected chi connectivity index (χ0v) is 18.3. The minimum Gasteiger partial charge on any atom is -0.494 e. The second kappa shape index (κ2) is 9.30. The number of nitrogens with one attached hydrogen (secondary N) is 1. The van der Waals surface area contributed by atoms with E-state index in [1.165, 1.54) is 18.3 Å². The van der Waals surface area contributed by atoms with Crippen molar-refractivity contribution in [3.8, 4) is 11.5 Å². The van der Waals surface area contributed by atoms with Crippen molar-refractivity contribution in [2.45, 2.75) is 13.0 Å². The first-order valence-electron chi connectivity index (χ1n) is 9.74. The molecule has 4 rings (SSSR count). The van der Waals surface area contributed by atoms with Crippen molar-refractivity contribution in [1.29, 1.82) is 0 Å². The summed E-state index contributed by atoms with van der Waals surface area (Å²) in [5, 5.41) is 2.78. The SMILES string of the molecule is CCOc1ccc(NC(=O)c2cnc(N3CC(Oc4cc(F)ccc4Br)C3)cn2)cc1. The van der Waals surface area contributed by atoms with E-state index in [9.17, 15) is 9.18 Å². The Balaban J connectivity index is 1.30. The summed E-state index contributed by atoms with van der Waals surface area (Å²) in [6.45, 7) is 3.68. The maximum Gasteiger partial charge on any atom is 0.275 e. The highest BCUT2D eigenvalue weighted by molar-refractivity contribution is 9.10. The number of nitrogens with zero attached hydrogens (tertiary/aromatic N) is 3. The van der Waals surface area contributed by atoms with Crippen LogP contribution in [0.5, 0.6) is 11.5 Å². The van der Waals surface area contributed by atoms with Gasteiger partial charge in [-0.2, -0.15) is 0 Å². The molecule has 1 saturated heterocycles. The van der Waals surface area contributed by atoms with E-state index in [-0.39, 0.29) is 23.5 Å². The van der Waals surface area contributed by atoms with Gasteiger partial charge in [0.05, 0.1) is 36.6 Å². The standard InChI is InChI=1S/C22H20BrFN4O3/c1-2-30-16-6-4-15(5-7-16)27-22(29)19-10-26-21(11-25-19)28-12-17(13-28)31-20-9-14(24)3-8-18(20)23/h3-11,17H,2,12-13H2,1H3,(H,27,29). The van der Waals surface area contributed by atoms with Gasteiger partial charge in [0.25, 0.3) is 5.91 Å². The molecule has 1 amide bonds. The van der Waals surface area contributed by atoms with Gasteiger partial charge in [0.15, 0.2) is 0 Å². The fraction of sp³-hybridized carbons (Fsp3) is 0.227. The molecule has 160 valence electrons. The fourth-order valence-electron chi connectivity index (χ4n) is 3.04. The van der Waals surface area contributed by atoms with Gasteiger partial charge in [-0.15, -0.1) is 0 Å². The van der Waals surface area contributed by atoms with Gasteiger partial charge in [0.1, 0.15) is 34.9 Å². The first-order chi connectivity index (χ1) is 15.0. The predicted octanol–water partition coefficient (Wildman–Crippen LogP) is 4.30. The molecule has 0 radical (unpaired) electrons. The van der Waals surface area contributed by atoms with Crippen LogP contribution in [0.25, 0.3) is 0 Å². The van der Waals surface area contributed by atoms with Crippen LogP contribution in [0, 0.1) is 5.82 Å². The van der Waals surface area contributed by atoms with E-state index >= 15 is 0 Å². The Labute approximate surface area is 187 Å². The molecule has 1 fully saturated rings. The molecule has 0 bridgehead atoms. The Morgan fingerprint density at radius 1 is 1.19 bits per heavy atom. The Bertz CT molecular complexity index is 1060. The minimum absolute atomic E-state index is 0.0810. The topological polar surface area (TPSA) is 76.6 Å². The predicted molar refractivity (Wildman–Crippen MR) is 118 cm³/mol. The van der Waals surface area contributed by atoms with Crippen LogP contribution >= 0.6 is 15.9 Å². The molecule has 1 aromatic heterocycles. The molecule has 9 heteroatoms. The molecule has 2 heterocycles. The molecule has 31 heavy (non-hydrogen) atoms. The van der Waals surface area contributed by atoms with Gasteiger partial charge in [-0.3, -0.25) is 4.79 Å². The average molecular weight is 487 g/mol. The number of hydrogen-bond acceptors (Lipinski definition) is 6. The van der Waals surface area contributed by atoms with Gasteiger partial charge in [0, 0.05) is 11.8 Å². The summed E-state index contributed by atoms with van der Waals surface area (Å²) in [4.78, 5) is 22.9. The lowest BCUT2D eigenvalue weighted by atomic mass is 10.1. The smallest absolute Gasteiger partial charge is 0.275 e. The second-order valence-electron chi connectivity index (χ2n) is 6.89. The quantitative estimate of drug-likeness (QED) is 0.536. The van der Waals surface area contributed by atoms with Gasteiger partial charge in [0.2, 0.25) is 0 Å². The third-order valence-electron chi connectivity index (χ3n) is 4.65. The number of halogens is 2. The summed E-state index contributed by atoms with van der Waals surface area (Å²) >= 11 is 3.36. The van der Waals surface area contributed by atoms with Gasteiger partial charge >= 0.3 is 0 Å². The number of aromatic nitrogens is 2. The molecule has 0 unspecified atom stereocenters. The number of hydrogen-bond donors (Lipinski definition) is 1. The molecule has 7 nitrogen and oxygen atoms in total. The number of carbonyl (C=O) groups excluding carboxylic acids is 1. The highest BCUT2D eigenvalue weighted by Gasteiger charge is 2.30. The van der Waals surface area contributed by atoms with Crippen molar-refractivity contribution in [2.75, 3.05) is 29.9 Å². The summed E-state index contributed by atoms with van der Waals surface area (Å²) in [5.41, 5.74) is 0.861. The molecule has 1 N–H and O–H groups in total. The van der Waals surface area contributed by atoms with E-state index < -0.39 is 0 Å². The Morgan fingerprint density at radius 3 is 2.65 bits per heavy atom. The molecule has 0 aliphatic carbocycles. The summed E-state index contributed by atoms with van der Waals surface area (Å²) < 4.78 is 25.3. The van der Waals surface area contributed by atoms with Crippen LogP contribution in [0.2, 0.25) is 0 Å². The molecular weight excluding hydrogens is 467 g/mol. The van der Waals surface area contributed by atoms with E-state index in [1.807, 2.05) is 11.8 Å². The zero-order valence-electron chi connectivity index (χ0n) is 16.7. The number of anilines is 2. The monoisotopic (exact) mass is 486 g/mol. The third kappa shape index (κ3) is 5.11. The number of carbonyl (C=O) groups is 1. The van der Waals surface area contributed by atoms with Crippen molar-refractivity contribution >= 4 is 33.3 Å². The van der Waals surface area contributed by atoms with Crippen molar-refractivity contribution < 1.29 is 18.7 Å². The Morgan fingerprint density at radius 2 is 1.97 bits per heavy atom. The number of benzene rings is 2. The number of ether oxygens (including phenoxy) is 2. The lowest BCUT2D eigenvalue weighted by Gasteiger charge is -2.39. The minimum atomic E-state index is -0.348. The fourth-order valence-corrected chi connectivity index (χ4v) is 3.38. The van der Waals surface area contributed by atoms with Crippen LogP contribution in [0.1, 0.15) is 17.4 Å². The van der Waals surface area contributed by atoms with Crippen molar-refractivity contribution in [1.82, 2.24) is 9.97 Å². The Hall–Kier alpha value is -3.20. The molecule has 2 aromatic carbocycles. The van der Waals surface area contributed by atoms with Crippen LogP contribution < -0.4 is 19.7 Å². The van der Waals surface area contributed by atoms with Crippen LogP contribution in [0.3, 0.4) is 0 Å². The van der Waals surface area contributed by atoms with Gasteiger partial charge in [-0.25, -0.2) is 14.4 Å². The summed E-state index contributed by atoms with van der Waals surface area (Å²) in [6.07, 6.45) is 2.92. The molecule has 0 atom stereocenters. The molecule has 1 aliphatic rings. The van der Waals surface area contributed by atoms with Crippen LogP contribution in [0.4, 0.5) is 15.9 Å². The second-order valence-corrected chi connectivity index (χ2v) is 7.75. The molecular formula is C22H20BrFN4O3. The summed E-state index contributed by atoms with van der Waals surface area (Å²) in [5.74, 6) is 1.17. The highest BCUT2D eigenvalue weighted by atomic mass is 79.9. The number of amides is 1. The van der Waals surface area contributed by atoms with Crippen LogP contribution in [0.15, 0.2) is 59.3 Å². The normalized spacial score (nSPS) is 13.5. The first kappa shape index (κ1) is 21.0. The van der Waals surface area contributed by atoms with E-state index in [4.69, 9.17) is 9.47 Å². The average Bonchev–Trinajstić information content (AvgIpc) is 2.74. The molecule has 0 saturated carbocycles. The third-order valence-corrected chi connectivity index (χ3v) is 5.31. The molecule has 0 spiro atoms. The van der Waals surface area contributed by atoms with E-state index in [0.717, 1.165) is 5.75 Å². The van der Waals surface area contributed by atoms with Crippen molar-refractivity contribution in [3.05, 3.63) is 70.8 Å². The largest absolute Gasteiger partial charge is 0.494 e. The van der Waals surface area contributed by atoms with Crippen LogP contribution in [-0.2, 0) is 0 Å². The highest BCUT2D eigenvalue weighted by Crippen LogP contribution is 2.29. The Kier molecular flexibility index (Phi) is 6.31. The summed E-state index contributed by atoms with van der Waals surface area (Å²) in [6, 6.07) is 11.4. The maximum atomic E-state index is 13.4. The van der Waals surface area contributed by atoms with E-state index in [2.05, 4.69) is 31.2 Å². The molecule has 3 aromatic rings. The molecule has 1 aliphatic heterocycles. The summed E-state index contributed by atoms with van der Waals surface area (Å²) in [7, 11) is 0. The maximum absolute atomic E-state index is 13.4.